The molecule has 2 rings (SSSR count). The van der Waals surface area contributed by atoms with Crippen LogP contribution in [0.5, 0.6) is 5.75 Å². The number of halogens is 1. The average Bonchev–Trinajstić information content (AvgIpc) is 2.49. The number of anilines is 1. The first-order valence-corrected chi connectivity index (χ1v) is 8.58. The number of hydrogen-bond donors (Lipinski definition) is 1. The second-order valence-electron chi connectivity index (χ2n) is 6.50. The van der Waals surface area contributed by atoms with Crippen molar-refractivity contribution in [1.82, 2.24) is 0 Å². The maximum Gasteiger partial charge on any atom is 0.414 e. The van der Waals surface area contributed by atoms with Crippen molar-refractivity contribution in [2.24, 2.45) is 0 Å². The monoisotopic (exact) mass is 391 g/mol. The maximum absolute atomic E-state index is 12.6. The molecule has 0 aromatic heterocycles. The van der Waals surface area contributed by atoms with Crippen molar-refractivity contribution in [3.05, 3.63) is 58.6 Å². The van der Waals surface area contributed by atoms with E-state index >= 15 is 0 Å². The van der Waals surface area contributed by atoms with Crippen molar-refractivity contribution in [2.75, 3.05) is 11.4 Å². The molecule has 0 unspecified atom stereocenters. The summed E-state index contributed by atoms with van der Waals surface area (Å²) in [6.45, 7) is 5.88. The largest absolute Gasteiger partial charge is 0.506 e. The lowest BCUT2D eigenvalue weighted by molar-refractivity contribution is 0.0580. The van der Waals surface area contributed by atoms with Crippen molar-refractivity contribution in [2.45, 2.75) is 32.8 Å². The Morgan fingerprint density at radius 1 is 1.12 bits per heavy atom. The van der Waals surface area contributed by atoms with Crippen molar-refractivity contribution in [3.63, 3.8) is 0 Å². The Kier molecular flexibility index (Phi) is 5.89. The van der Waals surface area contributed by atoms with E-state index in [1.807, 2.05) is 45.0 Å². The molecular weight excluding hydrogens is 370 g/mol. The van der Waals surface area contributed by atoms with Crippen LogP contribution in [0.3, 0.4) is 0 Å². The number of benzene rings is 2. The summed E-state index contributed by atoms with van der Waals surface area (Å²) in [5, 5.41) is 10.1. The fraction of sp³-hybridized carbons (Fsp3) is 0.316. The second kappa shape index (κ2) is 7.71. The van der Waals surface area contributed by atoms with Crippen LogP contribution in [0, 0.1) is 0 Å². The molecule has 1 amide bonds. The summed E-state index contributed by atoms with van der Waals surface area (Å²) >= 11 is 3.41. The molecule has 24 heavy (non-hydrogen) atoms. The molecule has 0 spiro atoms. The van der Waals surface area contributed by atoms with Gasteiger partial charge in [0.05, 0.1) is 5.69 Å². The van der Waals surface area contributed by atoms with Gasteiger partial charge in [0.15, 0.2) is 0 Å². The van der Waals surface area contributed by atoms with Gasteiger partial charge in [-0.2, -0.15) is 0 Å². The number of para-hydroxylation sites is 2. The second-order valence-corrected chi connectivity index (χ2v) is 7.41. The summed E-state index contributed by atoms with van der Waals surface area (Å²) in [7, 11) is 0. The van der Waals surface area contributed by atoms with Crippen LogP contribution < -0.4 is 4.90 Å². The smallest absolute Gasteiger partial charge is 0.414 e. The van der Waals surface area contributed by atoms with Crippen LogP contribution in [-0.4, -0.2) is 23.3 Å². The fourth-order valence-electron chi connectivity index (χ4n) is 2.21. The number of phenolic OH excluding ortho intramolecular Hbond substituents is 1. The van der Waals surface area contributed by atoms with Crippen molar-refractivity contribution < 1.29 is 14.6 Å². The number of phenols is 1. The number of hydrogen-bond acceptors (Lipinski definition) is 3. The highest BCUT2D eigenvalue weighted by atomic mass is 79.9. The van der Waals surface area contributed by atoms with Gasteiger partial charge in [-0.25, -0.2) is 4.79 Å². The molecule has 0 radical (unpaired) electrons. The molecule has 0 bridgehead atoms. The molecule has 5 heteroatoms. The molecule has 0 aliphatic carbocycles. The minimum absolute atomic E-state index is 0.0548. The van der Waals surface area contributed by atoms with Gasteiger partial charge in [0.25, 0.3) is 0 Å². The molecule has 0 aliphatic heterocycles. The zero-order valence-corrected chi connectivity index (χ0v) is 15.7. The molecule has 2 aromatic rings. The number of rotatable bonds is 4. The molecule has 0 aliphatic rings. The van der Waals surface area contributed by atoms with E-state index in [0.29, 0.717) is 18.7 Å². The lowest BCUT2D eigenvalue weighted by Gasteiger charge is -2.28. The van der Waals surface area contributed by atoms with Gasteiger partial charge in [0.1, 0.15) is 11.4 Å². The first-order chi connectivity index (χ1) is 11.3. The Morgan fingerprint density at radius 3 is 2.33 bits per heavy atom. The molecule has 128 valence electrons. The molecule has 1 N–H and O–H groups in total. The maximum atomic E-state index is 12.6. The Bertz CT molecular complexity index is 693. The Labute approximate surface area is 151 Å². The molecule has 0 heterocycles. The van der Waals surface area contributed by atoms with E-state index < -0.39 is 11.7 Å². The van der Waals surface area contributed by atoms with E-state index in [9.17, 15) is 9.90 Å². The number of amides is 1. The van der Waals surface area contributed by atoms with E-state index in [1.165, 1.54) is 4.90 Å². The van der Waals surface area contributed by atoms with Gasteiger partial charge in [-0.15, -0.1) is 0 Å². The van der Waals surface area contributed by atoms with Crippen LogP contribution in [0.2, 0.25) is 0 Å². The molecule has 0 fully saturated rings. The predicted molar refractivity (Wildman–Crippen MR) is 99.5 cm³/mol. The first-order valence-electron chi connectivity index (χ1n) is 7.79. The third-order valence-corrected chi connectivity index (χ3v) is 3.85. The summed E-state index contributed by atoms with van der Waals surface area (Å²) in [5.41, 5.74) is 0.947. The summed E-state index contributed by atoms with van der Waals surface area (Å²) in [4.78, 5) is 14.0. The number of carbonyl (C=O) groups excluding carboxylic acids is 1. The molecule has 2 aromatic carbocycles. The summed E-state index contributed by atoms with van der Waals surface area (Å²) in [6.07, 6.45) is 0.182. The fourth-order valence-corrected chi connectivity index (χ4v) is 2.48. The van der Waals surface area contributed by atoms with Crippen LogP contribution in [-0.2, 0) is 11.2 Å². The van der Waals surface area contributed by atoms with E-state index in [0.717, 1.165) is 10.0 Å². The number of nitrogens with zero attached hydrogens (tertiary/aromatic N) is 1. The van der Waals surface area contributed by atoms with Crippen LogP contribution in [0.4, 0.5) is 10.5 Å². The van der Waals surface area contributed by atoms with Gasteiger partial charge in [0.2, 0.25) is 0 Å². The van der Waals surface area contributed by atoms with Crippen LogP contribution in [0.25, 0.3) is 0 Å². The summed E-state index contributed by atoms with van der Waals surface area (Å²) in [5.74, 6) is 0.0548. The number of carbonyl (C=O) groups is 1. The Hall–Kier alpha value is -2.01. The van der Waals surface area contributed by atoms with Crippen LogP contribution >= 0.6 is 15.9 Å². The minimum Gasteiger partial charge on any atom is -0.506 e. The first kappa shape index (κ1) is 18.3. The van der Waals surface area contributed by atoms with Gasteiger partial charge in [-0.3, -0.25) is 4.90 Å². The topological polar surface area (TPSA) is 49.8 Å². The van der Waals surface area contributed by atoms with E-state index in [-0.39, 0.29) is 5.75 Å². The van der Waals surface area contributed by atoms with E-state index in [2.05, 4.69) is 15.9 Å². The van der Waals surface area contributed by atoms with Crippen molar-refractivity contribution in [3.8, 4) is 5.75 Å². The summed E-state index contributed by atoms with van der Waals surface area (Å²) < 4.78 is 6.50. The highest BCUT2D eigenvalue weighted by molar-refractivity contribution is 9.10. The molecule has 4 nitrogen and oxygen atoms in total. The SMILES string of the molecule is CC(C)(C)OC(=O)N(CCc1ccc(Br)cc1)c1ccccc1O. The third kappa shape index (κ3) is 5.27. The van der Waals surface area contributed by atoms with E-state index in [4.69, 9.17) is 4.74 Å². The number of aromatic hydroxyl groups is 1. The lowest BCUT2D eigenvalue weighted by Crippen LogP contribution is -2.38. The molecule has 0 atom stereocenters. The van der Waals surface area contributed by atoms with Gasteiger partial charge >= 0.3 is 6.09 Å². The van der Waals surface area contributed by atoms with Crippen molar-refractivity contribution in [1.29, 1.82) is 0 Å². The standard InChI is InChI=1S/C19H22BrNO3/c1-19(2,3)24-18(23)21(16-6-4-5-7-17(16)22)13-12-14-8-10-15(20)11-9-14/h4-11,22H,12-13H2,1-3H3. The lowest BCUT2D eigenvalue weighted by atomic mass is 10.1. The minimum atomic E-state index is -0.600. The van der Waals surface area contributed by atoms with Gasteiger partial charge in [-0.1, -0.05) is 40.2 Å². The highest BCUT2D eigenvalue weighted by Crippen LogP contribution is 2.28. The Balaban J connectivity index is 2.21. The quantitative estimate of drug-likeness (QED) is 0.784. The molecular formula is C19H22BrNO3. The van der Waals surface area contributed by atoms with E-state index in [1.54, 1.807) is 24.3 Å². The average molecular weight is 392 g/mol. The highest BCUT2D eigenvalue weighted by Gasteiger charge is 2.24. The van der Waals surface area contributed by atoms with Gasteiger partial charge in [-0.05, 0) is 57.0 Å². The zero-order chi connectivity index (χ0) is 17.7. The molecule has 0 saturated carbocycles. The molecule has 0 saturated heterocycles. The third-order valence-electron chi connectivity index (χ3n) is 3.32. The Morgan fingerprint density at radius 2 is 1.75 bits per heavy atom. The van der Waals surface area contributed by atoms with Gasteiger partial charge < -0.3 is 9.84 Å². The van der Waals surface area contributed by atoms with Gasteiger partial charge in [0, 0.05) is 11.0 Å². The van der Waals surface area contributed by atoms with Crippen LogP contribution in [0.15, 0.2) is 53.0 Å². The predicted octanol–water partition coefficient (Wildman–Crippen LogP) is 5.14. The zero-order valence-electron chi connectivity index (χ0n) is 14.1. The van der Waals surface area contributed by atoms with Crippen molar-refractivity contribution >= 4 is 27.7 Å². The number of ether oxygens (including phenoxy) is 1. The normalized spacial score (nSPS) is 11.2. The van der Waals surface area contributed by atoms with Crippen LogP contribution in [0.1, 0.15) is 26.3 Å². The summed E-state index contributed by atoms with van der Waals surface area (Å²) in [6, 6.07) is 14.7.